The molecule has 1 aromatic rings. The van der Waals surface area contributed by atoms with Gasteiger partial charge in [0, 0.05) is 13.1 Å². The van der Waals surface area contributed by atoms with E-state index in [4.69, 9.17) is 9.84 Å². The fraction of sp³-hybridized carbons (Fsp3) is 0.529. The molecule has 144 valence electrons. The first-order valence-electron chi connectivity index (χ1n) is 8.54. The Bertz CT molecular complexity index is 749. The molecule has 1 heterocycles. The predicted octanol–water partition coefficient (Wildman–Crippen LogP) is 0.970. The third kappa shape index (κ3) is 5.43. The summed E-state index contributed by atoms with van der Waals surface area (Å²) in [5, 5.41) is 11.4. The van der Waals surface area contributed by atoms with Gasteiger partial charge in [-0.1, -0.05) is 19.1 Å². The highest BCUT2D eigenvalue weighted by atomic mass is 32.2. The average Bonchev–Trinajstić information content (AvgIpc) is 3.09. The second kappa shape index (κ2) is 9.00. The van der Waals surface area contributed by atoms with Crippen LogP contribution in [0.3, 0.4) is 0 Å². The molecule has 9 heteroatoms. The maximum Gasteiger partial charge on any atom is 0.341 e. The third-order valence-electron chi connectivity index (χ3n) is 4.05. The molecule has 0 saturated carbocycles. The number of carbonyl (C=O) groups excluding carboxylic acids is 1. The quantitative estimate of drug-likeness (QED) is 0.656. The SMILES string of the molecule is CCCS(=O)(=O)N1CCCC1C(=O)NCc1cccc(OCC(=O)O)c1. The summed E-state index contributed by atoms with van der Waals surface area (Å²) in [6.45, 7) is 1.93. The maximum absolute atomic E-state index is 12.5. The fourth-order valence-corrected chi connectivity index (χ4v) is 4.65. The summed E-state index contributed by atoms with van der Waals surface area (Å²) < 4.78 is 31.0. The number of hydrogen-bond acceptors (Lipinski definition) is 5. The number of sulfonamides is 1. The summed E-state index contributed by atoms with van der Waals surface area (Å²) in [6, 6.07) is 6.08. The van der Waals surface area contributed by atoms with E-state index in [2.05, 4.69) is 5.32 Å². The van der Waals surface area contributed by atoms with Gasteiger partial charge in [0.25, 0.3) is 0 Å². The molecule has 2 rings (SSSR count). The van der Waals surface area contributed by atoms with E-state index in [1.165, 1.54) is 4.31 Å². The van der Waals surface area contributed by atoms with Crippen molar-refractivity contribution >= 4 is 21.9 Å². The number of aliphatic carboxylic acids is 1. The number of benzene rings is 1. The van der Waals surface area contributed by atoms with Gasteiger partial charge in [-0.2, -0.15) is 4.31 Å². The van der Waals surface area contributed by atoms with Gasteiger partial charge in [0.05, 0.1) is 5.75 Å². The van der Waals surface area contributed by atoms with Gasteiger partial charge in [0.2, 0.25) is 15.9 Å². The van der Waals surface area contributed by atoms with E-state index >= 15 is 0 Å². The molecule has 1 fully saturated rings. The van der Waals surface area contributed by atoms with Crippen molar-refractivity contribution in [2.45, 2.75) is 38.8 Å². The molecule has 1 atom stereocenters. The minimum absolute atomic E-state index is 0.0414. The van der Waals surface area contributed by atoms with Gasteiger partial charge < -0.3 is 15.2 Å². The number of carboxylic acid groups (broad SMARTS) is 1. The normalized spacial score (nSPS) is 17.8. The lowest BCUT2D eigenvalue weighted by atomic mass is 10.2. The maximum atomic E-state index is 12.5. The molecule has 1 amide bonds. The van der Waals surface area contributed by atoms with E-state index in [9.17, 15) is 18.0 Å². The first kappa shape index (κ1) is 20.2. The van der Waals surface area contributed by atoms with Crippen LogP contribution in [0.15, 0.2) is 24.3 Å². The number of carboxylic acids is 1. The van der Waals surface area contributed by atoms with E-state index in [-0.39, 0.29) is 18.2 Å². The van der Waals surface area contributed by atoms with Crippen molar-refractivity contribution in [3.8, 4) is 5.75 Å². The minimum Gasteiger partial charge on any atom is -0.482 e. The molecule has 0 bridgehead atoms. The van der Waals surface area contributed by atoms with Crippen molar-refractivity contribution in [3.63, 3.8) is 0 Å². The number of hydrogen-bond donors (Lipinski definition) is 2. The van der Waals surface area contributed by atoms with Crippen LogP contribution in [0.5, 0.6) is 5.75 Å². The van der Waals surface area contributed by atoms with Crippen molar-refractivity contribution in [1.82, 2.24) is 9.62 Å². The fourth-order valence-electron chi connectivity index (χ4n) is 2.91. The van der Waals surface area contributed by atoms with Gasteiger partial charge in [0.1, 0.15) is 11.8 Å². The van der Waals surface area contributed by atoms with Crippen LogP contribution in [0.1, 0.15) is 31.7 Å². The lowest BCUT2D eigenvalue weighted by Gasteiger charge is -2.23. The third-order valence-corrected chi connectivity index (χ3v) is 6.13. The Balaban J connectivity index is 1.95. The van der Waals surface area contributed by atoms with Crippen molar-refractivity contribution in [2.24, 2.45) is 0 Å². The Labute approximate surface area is 153 Å². The van der Waals surface area contributed by atoms with Crippen LogP contribution in [-0.4, -0.2) is 54.7 Å². The van der Waals surface area contributed by atoms with Gasteiger partial charge in [-0.25, -0.2) is 13.2 Å². The molecule has 1 aliphatic heterocycles. The summed E-state index contributed by atoms with van der Waals surface area (Å²) in [6.07, 6.45) is 1.69. The zero-order valence-corrected chi connectivity index (χ0v) is 15.5. The first-order chi connectivity index (χ1) is 12.3. The van der Waals surface area contributed by atoms with Crippen LogP contribution >= 0.6 is 0 Å². The van der Waals surface area contributed by atoms with E-state index < -0.39 is 28.6 Å². The second-order valence-electron chi connectivity index (χ2n) is 6.13. The molecule has 1 aromatic carbocycles. The van der Waals surface area contributed by atoms with Crippen LogP contribution in [0, 0.1) is 0 Å². The number of ether oxygens (including phenoxy) is 1. The molecule has 0 spiro atoms. The van der Waals surface area contributed by atoms with Gasteiger partial charge in [-0.3, -0.25) is 4.79 Å². The zero-order chi connectivity index (χ0) is 19.2. The van der Waals surface area contributed by atoms with Crippen LogP contribution in [0.25, 0.3) is 0 Å². The molecule has 8 nitrogen and oxygen atoms in total. The van der Waals surface area contributed by atoms with Crippen molar-refractivity contribution in [1.29, 1.82) is 0 Å². The number of carbonyl (C=O) groups is 2. The number of nitrogens with one attached hydrogen (secondary N) is 1. The standard InChI is InChI=1S/C17H24N2O6S/c1-2-9-26(23,24)19-8-4-7-15(19)17(22)18-11-13-5-3-6-14(10-13)25-12-16(20)21/h3,5-6,10,15H,2,4,7-9,11-12H2,1H3,(H,18,22)(H,20,21). The van der Waals surface area contributed by atoms with Crippen molar-refractivity contribution in [2.75, 3.05) is 18.9 Å². The Morgan fingerprint density at radius 3 is 2.85 bits per heavy atom. The van der Waals surface area contributed by atoms with E-state index in [0.717, 1.165) is 5.56 Å². The zero-order valence-electron chi connectivity index (χ0n) is 14.7. The topological polar surface area (TPSA) is 113 Å². The van der Waals surface area contributed by atoms with Crippen LogP contribution in [0.4, 0.5) is 0 Å². The molecule has 0 aliphatic carbocycles. The van der Waals surface area contributed by atoms with Crippen LogP contribution < -0.4 is 10.1 Å². The lowest BCUT2D eigenvalue weighted by molar-refractivity contribution is -0.139. The van der Waals surface area contributed by atoms with Crippen LogP contribution in [0.2, 0.25) is 0 Å². The molecule has 0 aromatic heterocycles. The number of amides is 1. The smallest absolute Gasteiger partial charge is 0.341 e. The summed E-state index contributed by atoms with van der Waals surface area (Å²) in [5.41, 5.74) is 0.738. The highest BCUT2D eigenvalue weighted by Crippen LogP contribution is 2.22. The molecular weight excluding hydrogens is 360 g/mol. The monoisotopic (exact) mass is 384 g/mol. The number of rotatable bonds is 9. The van der Waals surface area contributed by atoms with Gasteiger partial charge in [-0.05, 0) is 37.0 Å². The molecule has 0 radical (unpaired) electrons. The molecule has 1 unspecified atom stereocenters. The molecule has 26 heavy (non-hydrogen) atoms. The summed E-state index contributed by atoms with van der Waals surface area (Å²) >= 11 is 0. The second-order valence-corrected chi connectivity index (χ2v) is 8.17. The summed E-state index contributed by atoms with van der Waals surface area (Å²) in [5.74, 6) is -0.954. The van der Waals surface area contributed by atoms with E-state index in [1.807, 2.05) is 0 Å². The highest BCUT2D eigenvalue weighted by Gasteiger charge is 2.37. The molecule has 1 aliphatic rings. The molecule has 2 N–H and O–H groups in total. The average molecular weight is 384 g/mol. The van der Waals surface area contributed by atoms with Gasteiger partial charge in [-0.15, -0.1) is 0 Å². The number of nitrogens with zero attached hydrogens (tertiary/aromatic N) is 1. The Kier molecular flexibility index (Phi) is 6.98. The highest BCUT2D eigenvalue weighted by molar-refractivity contribution is 7.89. The lowest BCUT2D eigenvalue weighted by Crippen LogP contribution is -2.46. The Morgan fingerprint density at radius 1 is 1.38 bits per heavy atom. The van der Waals surface area contributed by atoms with E-state index in [1.54, 1.807) is 31.2 Å². The minimum atomic E-state index is -3.41. The molecule has 1 saturated heterocycles. The van der Waals surface area contributed by atoms with Gasteiger partial charge in [0.15, 0.2) is 6.61 Å². The summed E-state index contributed by atoms with van der Waals surface area (Å²) in [4.78, 5) is 23.0. The van der Waals surface area contributed by atoms with Gasteiger partial charge >= 0.3 is 5.97 Å². The predicted molar refractivity (Wildman–Crippen MR) is 95.2 cm³/mol. The van der Waals surface area contributed by atoms with E-state index in [0.29, 0.717) is 31.6 Å². The van der Waals surface area contributed by atoms with Crippen LogP contribution in [-0.2, 0) is 26.2 Å². The Hall–Kier alpha value is -2.13. The molecular formula is C17H24N2O6S. The first-order valence-corrected chi connectivity index (χ1v) is 10.1. The van der Waals surface area contributed by atoms with Crippen molar-refractivity contribution < 1.29 is 27.9 Å². The summed E-state index contributed by atoms with van der Waals surface area (Å²) in [7, 11) is -3.41. The largest absolute Gasteiger partial charge is 0.482 e. The van der Waals surface area contributed by atoms with Crippen molar-refractivity contribution in [3.05, 3.63) is 29.8 Å². The Morgan fingerprint density at radius 2 is 2.15 bits per heavy atom.